The predicted octanol–water partition coefficient (Wildman–Crippen LogP) is 3.44. The Kier molecular flexibility index (Phi) is 6.89. The highest BCUT2D eigenvalue weighted by Gasteiger charge is 2.17. The molecular formula is C23H27F2N5O. The van der Waals surface area contributed by atoms with Gasteiger partial charge in [-0.3, -0.25) is 9.69 Å². The maximum absolute atomic E-state index is 12.8. The van der Waals surface area contributed by atoms with Crippen LogP contribution >= 0.6 is 0 Å². The summed E-state index contributed by atoms with van der Waals surface area (Å²) < 4.78 is 25.5. The zero-order valence-electron chi connectivity index (χ0n) is 17.4. The molecule has 0 radical (unpaired) electrons. The Labute approximate surface area is 180 Å². The summed E-state index contributed by atoms with van der Waals surface area (Å²) in [4.78, 5) is 23.7. The number of hydrogen-bond donors (Lipinski definition) is 2. The van der Waals surface area contributed by atoms with Gasteiger partial charge in [0, 0.05) is 44.8 Å². The number of aromatic nitrogens is 2. The topological polar surface area (TPSA) is 64.3 Å². The number of rotatable bonds is 8. The summed E-state index contributed by atoms with van der Waals surface area (Å²) in [5, 5.41) is 2.92. The molecule has 0 spiro atoms. The first-order valence-electron chi connectivity index (χ1n) is 10.6. The number of fused-ring (bicyclic) bond motifs is 1. The van der Waals surface area contributed by atoms with Gasteiger partial charge >= 0.3 is 0 Å². The summed E-state index contributed by atoms with van der Waals surface area (Å²) in [5.74, 6) is -0.584. The smallest absolute Gasteiger partial charge is 0.295 e. The number of benzene rings is 2. The van der Waals surface area contributed by atoms with Gasteiger partial charge < -0.3 is 15.2 Å². The molecule has 1 aromatic heterocycles. The van der Waals surface area contributed by atoms with E-state index in [1.165, 1.54) is 5.56 Å². The molecule has 31 heavy (non-hydrogen) atoms. The molecular weight excluding hydrogens is 400 g/mol. The normalized spacial score (nSPS) is 15.6. The van der Waals surface area contributed by atoms with Gasteiger partial charge in [-0.1, -0.05) is 30.3 Å². The highest BCUT2D eigenvalue weighted by atomic mass is 19.3. The molecule has 1 saturated heterocycles. The predicted molar refractivity (Wildman–Crippen MR) is 116 cm³/mol. The van der Waals surface area contributed by atoms with Crippen molar-refractivity contribution in [3.63, 3.8) is 0 Å². The molecule has 1 aliphatic rings. The van der Waals surface area contributed by atoms with Crippen molar-refractivity contribution in [1.82, 2.24) is 25.1 Å². The molecule has 0 aliphatic carbocycles. The Hall–Kier alpha value is -2.84. The third-order valence-corrected chi connectivity index (χ3v) is 5.62. The third kappa shape index (κ3) is 5.65. The minimum Gasteiger partial charge on any atom is -0.352 e. The average molecular weight is 427 g/mol. The minimum absolute atomic E-state index is 0.206. The molecule has 4 rings (SSSR count). The van der Waals surface area contributed by atoms with E-state index in [0.717, 1.165) is 45.7 Å². The molecule has 0 unspecified atom stereocenters. The van der Waals surface area contributed by atoms with E-state index in [9.17, 15) is 13.6 Å². The van der Waals surface area contributed by atoms with Crippen LogP contribution in [0.2, 0.25) is 0 Å². The second kappa shape index (κ2) is 9.98. The molecule has 2 heterocycles. The molecule has 3 aromatic rings. The SMILES string of the molecule is O=C(NCCCN1CCN(Cc2ccccc2)CC1)c1ccc2nc(C(F)F)[nH]c2c1. The van der Waals surface area contributed by atoms with E-state index in [0.29, 0.717) is 23.1 Å². The van der Waals surface area contributed by atoms with Crippen LogP contribution in [0.4, 0.5) is 8.78 Å². The molecule has 8 heteroatoms. The van der Waals surface area contributed by atoms with Gasteiger partial charge in [-0.15, -0.1) is 0 Å². The maximum Gasteiger partial charge on any atom is 0.295 e. The molecule has 6 nitrogen and oxygen atoms in total. The summed E-state index contributed by atoms with van der Waals surface area (Å²) >= 11 is 0. The number of halogens is 2. The lowest BCUT2D eigenvalue weighted by Crippen LogP contribution is -2.46. The van der Waals surface area contributed by atoms with Gasteiger partial charge in [0.15, 0.2) is 5.82 Å². The summed E-state index contributed by atoms with van der Waals surface area (Å²) in [7, 11) is 0. The number of hydrogen-bond acceptors (Lipinski definition) is 4. The average Bonchev–Trinajstić information content (AvgIpc) is 3.22. The molecule has 0 bridgehead atoms. The molecule has 2 N–H and O–H groups in total. The van der Waals surface area contributed by atoms with Gasteiger partial charge in [0.1, 0.15) is 0 Å². The monoisotopic (exact) mass is 427 g/mol. The number of piperazine rings is 1. The molecule has 0 saturated carbocycles. The molecule has 1 aliphatic heterocycles. The Balaban J connectivity index is 1.17. The first-order valence-corrected chi connectivity index (χ1v) is 10.6. The van der Waals surface area contributed by atoms with Gasteiger partial charge in [0.2, 0.25) is 0 Å². The number of carbonyl (C=O) groups is 1. The first kappa shape index (κ1) is 21.4. The molecule has 164 valence electrons. The van der Waals surface area contributed by atoms with Gasteiger partial charge in [0.05, 0.1) is 11.0 Å². The zero-order valence-corrected chi connectivity index (χ0v) is 17.4. The van der Waals surface area contributed by atoms with Gasteiger partial charge in [-0.05, 0) is 36.7 Å². The second-order valence-corrected chi connectivity index (χ2v) is 7.87. The van der Waals surface area contributed by atoms with Crippen LogP contribution in [0.15, 0.2) is 48.5 Å². The Morgan fingerprint density at radius 2 is 1.81 bits per heavy atom. The van der Waals surface area contributed by atoms with Crippen LogP contribution in [-0.2, 0) is 6.54 Å². The number of nitrogens with zero attached hydrogens (tertiary/aromatic N) is 3. The number of alkyl halides is 2. The third-order valence-electron chi connectivity index (χ3n) is 5.62. The van der Waals surface area contributed by atoms with E-state index >= 15 is 0 Å². The standard InChI is InChI=1S/C23H27F2N5O/c24-21(25)22-27-19-8-7-18(15-20(19)28-22)23(31)26-9-4-10-29-11-13-30(14-12-29)16-17-5-2-1-3-6-17/h1-3,5-8,15,21H,4,9-14,16H2,(H,26,31)(H,27,28). The molecule has 1 fully saturated rings. The van der Waals surface area contributed by atoms with Crippen molar-refractivity contribution in [3.8, 4) is 0 Å². The van der Waals surface area contributed by atoms with E-state index in [1.807, 2.05) is 6.07 Å². The van der Waals surface area contributed by atoms with Crippen molar-refractivity contribution in [2.75, 3.05) is 39.3 Å². The number of aromatic amines is 1. The van der Waals surface area contributed by atoms with Gasteiger partial charge in [0.25, 0.3) is 12.3 Å². The largest absolute Gasteiger partial charge is 0.352 e. The summed E-state index contributed by atoms with van der Waals surface area (Å²) in [6.07, 6.45) is -1.79. The fourth-order valence-corrected chi connectivity index (χ4v) is 3.89. The van der Waals surface area contributed by atoms with Crippen molar-refractivity contribution in [2.45, 2.75) is 19.4 Å². The van der Waals surface area contributed by atoms with Gasteiger partial charge in [-0.25, -0.2) is 13.8 Å². The van der Waals surface area contributed by atoms with Crippen molar-refractivity contribution in [1.29, 1.82) is 0 Å². The van der Waals surface area contributed by atoms with E-state index in [-0.39, 0.29) is 11.7 Å². The minimum atomic E-state index is -2.66. The second-order valence-electron chi connectivity index (χ2n) is 7.87. The maximum atomic E-state index is 12.8. The molecule has 2 aromatic carbocycles. The van der Waals surface area contributed by atoms with Crippen molar-refractivity contribution in [3.05, 3.63) is 65.5 Å². The van der Waals surface area contributed by atoms with Crippen LogP contribution in [0.1, 0.15) is 34.6 Å². The highest BCUT2D eigenvalue weighted by molar-refractivity contribution is 5.97. The summed E-state index contributed by atoms with van der Waals surface area (Å²) in [6, 6.07) is 15.3. The molecule has 1 amide bonds. The Bertz CT molecular complexity index is 1000. The highest BCUT2D eigenvalue weighted by Crippen LogP contribution is 2.20. The van der Waals surface area contributed by atoms with E-state index in [1.54, 1.807) is 18.2 Å². The van der Waals surface area contributed by atoms with Gasteiger partial charge in [-0.2, -0.15) is 0 Å². The van der Waals surface area contributed by atoms with Crippen molar-refractivity contribution >= 4 is 16.9 Å². The van der Waals surface area contributed by atoms with E-state index in [2.05, 4.69) is 49.4 Å². The number of carbonyl (C=O) groups excluding carboxylic acids is 1. The van der Waals surface area contributed by atoms with Crippen molar-refractivity contribution < 1.29 is 13.6 Å². The summed E-state index contributed by atoms with van der Waals surface area (Å²) in [5.41, 5.74) is 2.65. The molecule has 0 atom stereocenters. The van der Waals surface area contributed by atoms with Crippen LogP contribution in [0, 0.1) is 0 Å². The van der Waals surface area contributed by atoms with E-state index in [4.69, 9.17) is 0 Å². The number of nitrogens with one attached hydrogen (secondary N) is 2. The van der Waals surface area contributed by atoms with Crippen LogP contribution in [0.3, 0.4) is 0 Å². The quantitative estimate of drug-likeness (QED) is 0.541. The fraction of sp³-hybridized carbons (Fsp3) is 0.391. The summed E-state index contributed by atoms with van der Waals surface area (Å²) in [6.45, 7) is 6.67. The van der Waals surface area contributed by atoms with Crippen molar-refractivity contribution in [2.24, 2.45) is 0 Å². The first-order chi connectivity index (χ1) is 15.1. The zero-order chi connectivity index (χ0) is 21.6. The Morgan fingerprint density at radius 1 is 1.06 bits per heavy atom. The van der Waals surface area contributed by atoms with Crippen LogP contribution in [0.25, 0.3) is 11.0 Å². The lowest BCUT2D eigenvalue weighted by Gasteiger charge is -2.34. The number of imidazole rings is 1. The Morgan fingerprint density at radius 3 is 2.55 bits per heavy atom. The number of H-pyrrole nitrogens is 1. The van der Waals surface area contributed by atoms with E-state index < -0.39 is 6.43 Å². The fourth-order valence-electron chi connectivity index (χ4n) is 3.89. The van der Waals surface area contributed by atoms with Crippen LogP contribution < -0.4 is 5.32 Å². The number of amides is 1. The lowest BCUT2D eigenvalue weighted by atomic mass is 10.2. The lowest BCUT2D eigenvalue weighted by molar-refractivity contribution is 0.0947. The van der Waals surface area contributed by atoms with Crippen LogP contribution in [-0.4, -0.2) is 64.9 Å². The van der Waals surface area contributed by atoms with Crippen LogP contribution in [0.5, 0.6) is 0 Å².